The predicted molar refractivity (Wildman–Crippen MR) is 79.6 cm³/mol. The number of unbranched alkanes of at least 4 members (excludes halogenated alkanes) is 1. The Hall–Kier alpha value is -2.01. The molecule has 0 bridgehead atoms. The van der Waals surface area contributed by atoms with Crippen molar-refractivity contribution < 1.29 is 19.5 Å². The second kappa shape index (κ2) is 11.8. The molecule has 0 aromatic heterocycles. The van der Waals surface area contributed by atoms with Gasteiger partial charge in [0.25, 0.3) is 0 Å². The Morgan fingerprint density at radius 3 is 2.62 bits per heavy atom. The van der Waals surface area contributed by atoms with Crippen LogP contribution < -0.4 is 10.6 Å². The average molecular weight is 313 g/mol. The molecule has 0 aliphatic heterocycles. The van der Waals surface area contributed by atoms with Crippen LogP contribution in [0.25, 0.3) is 0 Å². The lowest BCUT2D eigenvalue weighted by molar-refractivity contribution is -0.131. The Labute approximate surface area is 127 Å². The van der Waals surface area contributed by atoms with Crippen LogP contribution in [0.5, 0.6) is 0 Å². The molecule has 7 nitrogen and oxygen atoms in total. The van der Waals surface area contributed by atoms with Crippen molar-refractivity contribution in [3.05, 3.63) is 12.2 Å². The van der Waals surface area contributed by atoms with Gasteiger partial charge in [0, 0.05) is 18.7 Å². The molecule has 0 saturated carbocycles. The number of hydrogen-bond acceptors (Lipinski definition) is 5. The van der Waals surface area contributed by atoms with Crippen molar-refractivity contribution in [1.29, 1.82) is 5.26 Å². The Balaban J connectivity index is 4.38. The third-order valence-electron chi connectivity index (χ3n) is 2.29. The van der Waals surface area contributed by atoms with Crippen molar-refractivity contribution in [2.75, 3.05) is 18.8 Å². The Morgan fingerprint density at radius 1 is 1.33 bits per heavy atom. The zero-order valence-electron chi connectivity index (χ0n) is 11.8. The van der Waals surface area contributed by atoms with Crippen LogP contribution in [0.4, 0.5) is 0 Å². The van der Waals surface area contributed by atoms with Crippen LogP contribution in [0.3, 0.4) is 0 Å². The van der Waals surface area contributed by atoms with Gasteiger partial charge in [-0.15, -0.1) is 11.8 Å². The second-order valence-electron chi connectivity index (χ2n) is 4.01. The van der Waals surface area contributed by atoms with Gasteiger partial charge in [-0.1, -0.05) is 13.3 Å². The smallest absolute Gasteiger partial charge is 0.328 e. The fourth-order valence-corrected chi connectivity index (χ4v) is 2.41. The van der Waals surface area contributed by atoms with Gasteiger partial charge in [0.2, 0.25) is 11.8 Å². The highest BCUT2D eigenvalue weighted by molar-refractivity contribution is 8.00. The molecule has 1 atom stereocenters. The molecule has 0 spiro atoms. The minimum absolute atomic E-state index is 0.0778. The van der Waals surface area contributed by atoms with Crippen molar-refractivity contribution in [3.8, 4) is 6.07 Å². The van der Waals surface area contributed by atoms with E-state index in [0.29, 0.717) is 0 Å². The summed E-state index contributed by atoms with van der Waals surface area (Å²) in [5.74, 6) is -1.35. The SMILES string of the molecule is CCCCSC(CNC(=O)C=CC(=O)O)C(=O)NCC#N. The van der Waals surface area contributed by atoms with Crippen molar-refractivity contribution in [2.24, 2.45) is 0 Å². The molecule has 0 radical (unpaired) electrons. The number of amides is 2. The zero-order valence-corrected chi connectivity index (χ0v) is 12.6. The van der Waals surface area contributed by atoms with E-state index in [4.69, 9.17) is 10.4 Å². The summed E-state index contributed by atoms with van der Waals surface area (Å²) in [7, 11) is 0. The number of thioether (sulfide) groups is 1. The van der Waals surface area contributed by atoms with Crippen LogP contribution in [-0.4, -0.2) is 47.0 Å². The number of aliphatic carboxylic acids is 1. The number of hydrogen-bond donors (Lipinski definition) is 3. The summed E-state index contributed by atoms with van der Waals surface area (Å²) in [6.07, 6.45) is 3.56. The van der Waals surface area contributed by atoms with Gasteiger partial charge in [-0.25, -0.2) is 4.79 Å². The highest BCUT2D eigenvalue weighted by Crippen LogP contribution is 2.13. The summed E-state index contributed by atoms with van der Waals surface area (Å²) in [5.41, 5.74) is 0. The summed E-state index contributed by atoms with van der Waals surface area (Å²) in [4.78, 5) is 33.5. The maximum atomic E-state index is 11.8. The molecule has 0 fully saturated rings. The highest BCUT2D eigenvalue weighted by atomic mass is 32.2. The first kappa shape index (κ1) is 19.0. The summed E-state index contributed by atoms with van der Waals surface area (Å²) < 4.78 is 0. The molecule has 21 heavy (non-hydrogen) atoms. The van der Waals surface area contributed by atoms with Gasteiger partial charge in [-0.05, 0) is 12.2 Å². The van der Waals surface area contributed by atoms with E-state index in [1.54, 1.807) is 0 Å². The van der Waals surface area contributed by atoms with E-state index in [1.807, 2.05) is 13.0 Å². The predicted octanol–water partition coefficient (Wildman–Crippen LogP) is 0.285. The Kier molecular flexibility index (Phi) is 10.7. The maximum absolute atomic E-state index is 11.8. The summed E-state index contributed by atoms with van der Waals surface area (Å²) in [6, 6.07) is 1.81. The molecule has 0 aliphatic rings. The molecule has 0 saturated heterocycles. The number of carbonyl (C=O) groups is 3. The molecular formula is C13H19N3O4S. The zero-order chi connectivity index (χ0) is 16.1. The first-order valence-electron chi connectivity index (χ1n) is 6.46. The fourth-order valence-electron chi connectivity index (χ4n) is 1.24. The average Bonchev–Trinajstić information content (AvgIpc) is 2.46. The first-order valence-corrected chi connectivity index (χ1v) is 7.51. The van der Waals surface area contributed by atoms with Crippen LogP contribution in [0.2, 0.25) is 0 Å². The number of carboxylic acids is 1. The monoisotopic (exact) mass is 313 g/mol. The van der Waals surface area contributed by atoms with Crippen LogP contribution in [0.1, 0.15) is 19.8 Å². The lowest BCUT2D eigenvalue weighted by atomic mass is 10.3. The second-order valence-corrected chi connectivity index (χ2v) is 5.32. The van der Waals surface area contributed by atoms with E-state index >= 15 is 0 Å². The third kappa shape index (κ3) is 10.4. The van der Waals surface area contributed by atoms with Gasteiger partial charge < -0.3 is 15.7 Å². The summed E-state index contributed by atoms with van der Waals surface area (Å²) in [5, 5.41) is 21.3. The van der Waals surface area contributed by atoms with Crippen molar-refractivity contribution in [3.63, 3.8) is 0 Å². The molecule has 2 amide bonds. The molecular weight excluding hydrogens is 294 g/mol. The number of rotatable bonds is 10. The number of nitrogens with zero attached hydrogens (tertiary/aromatic N) is 1. The summed E-state index contributed by atoms with van der Waals surface area (Å²) in [6.45, 7) is 2.02. The van der Waals surface area contributed by atoms with Crippen LogP contribution in [0.15, 0.2) is 12.2 Å². The van der Waals surface area contributed by atoms with Crippen LogP contribution in [-0.2, 0) is 14.4 Å². The molecule has 0 aromatic rings. The van der Waals surface area contributed by atoms with Crippen LogP contribution in [0, 0.1) is 11.3 Å². The molecule has 8 heteroatoms. The molecule has 0 rings (SSSR count). The lowest BCUT2D eigenvalue weighted by Crippen LogP contribution is -2.41. The van der Waals surface area contributed by atoms with Gasteiger partial charge in [0.15, 0.2) is 0 Å². The van der Waals surface area contributed by atoms with Gasteiger partial charge in [-0.2, -0.15) is 5.26 Å². The van der Waals surface area contributed by atoms with Crippen molar-refractivity contribution in [1.82, 2.24) is 10.6 Å². The quantitative estimate of drug-likeness (QED) is 0.303. The van der Waals surface area contributed by atoms with E-state index in [0.717, 1.165) is 30.7 Å². The van der Waals surface area contributed by atoms with Gasteiger partial charge in [-0.3, -0.25) is 9.59 Å². The standard InChI is InChI=1S/C13H19N3O4S/c1-2-3-8-21-10(13(20)15-7-6-14)9-16-11(17)4-5-12(18)19/h4-5,10H,2-3,7-9H2,1H3,(H,15,20)(H,16,17)(H,18,19). The molecule has 3 N–H and O–H groups in total. The molecule has 116 valence electrons. The van der Waals surface area contributed by atoms with Gasteiger partial charge >= 0.3 is 5.97 Å². The largest absolute Gasteiger partial charge is 0.478 e. The van der Waals surface area contributed by atoms with E-state index in [2.05, 4.69) is 10.6 Å². The molecule has 0 aromatic carbocycles. The topological polar surface area (TPSA) is 119 Å². The van der Waals surface area contributed by atoms with E-state index in [1.165, 1.54) is 11.8 Å². The number of nitriles is 1. The highest BCUT2D eigenvalue weighted by Gasteiger charge is 2.18. The van der Waals surface area contributed by atoms with E-state index < -0.39 is 17.1 Å². The first-order chi connectivity index (χ1) is 10.0. The van der Waals surface area contributed by atoms with Crippen LogP contribution >= 0.6 is 11.8 Å². The molecule has 1 unspecified atom stereocenters. The van der Waals surface area contributed by atoms with Crippen molar-refractivity contribution >= 4 is 29.5 Å². The third-order valence-corrected chi connectivity index (χ3v) is 3.60. The normalized spacial score (nSPS) is 11.6. The van der Waals surface area contributed by atoms with Gasteiger partial charge in [0.05, 0.1) is 6.07 Å². The van der Waals surface area contributed by atoms with Gasteiger partial charge in [0.1, 0.15) is 11.8 Å². The summed E-state index contributed by atoms with van der Waals surface area (Å²) >= 11 is 1.39. The Morgan fingerprint density at radius 2 is 2.05 bits per heavy atom. The fraction of sp³-hybridized carbons (Fsp3) is 0.538. The Bertz CT molecular complexity index is 432. The number of nitrogens with one attached hydrogen (secondary N) is 2. The lowest BCUT2D eigenvalue weighted by Gasteiger charge is -2.15. The van der Waals surface area contributed by atoms with E-state index in [9.17, 15) is 14.4 Å². The minimum Gasteiger partial charge on any atom is -0.478 e. The van der Waals surface area contributed by atoms with E-state index in [-0.39, 0.29) is 19.0 Å². The maximum Gasteiger partial charge on any atom is 0.328 e. The number of carboxylic acid groups (broad SMARTS) is 1. The minimum atomic E-state index is -1.22. The molecule has 0 heterocycles. The van der Waals surface area contributed by atoms with Crippen molar-refractivity contribution in [2.45, 2.75) is 25.0 Å². The molecule has 0 aliphatic carbocycles. The number of carbonyl (C=O) groups excluding carboxylic acids is 2.